The molecule has 138 valence electrons. The Bertz CT molecular complexity index is 480. The van der Waals surface area contributed by atoms with E-state index in [4.69, 9.17) is 18.6 Å². The van der Waals surface area contributed by atoms with Crippen molar-refractivity contribution in [3.05, 3.63) is 24.3 Å². The lowest BCUT2D eigenvalue weighted by molar-refractivity contribution is -0.234. The van der Waals surface area contributed by atoms with Crippen LogP contribution in [0.15, 0.2) is 24.3 Å². The summed E-state index contributed by atoms with van der Waals surface area (Å²) in [5.74, 6) is 0.293. The average Bonchev–Trinajstić information content (AvgIpc) is 2.83. The van der Waals surface area contributed by atoms with Gasteiger partial charge in [-0.3, -0.25) is 0 Å². The normalized spacial score (nSPS) is 31.2. The van der Waals surface area contributed by atoms with Gasteiger partial charge in [0, 0.05) is 12.3 Å². The van der Waals surface area contributed by atoms with Gasteiger partial charge in [0.25, 0.3) is 0 Å². The van der Waals surface area contributed by atoms with E-state index in [1.165, 1.54) is 0 Å². The standard InChI is InChI=1S/C19H34O4Si/c1-13(2)10-20-17-9-15-14(3)11-21-18(15)16(23-17)12-22-24(7,8)19(4,5)6/h15-18H,1,3,9-12H2,2,4-8H3/t15-,16-,17+,18+/m1/s1. The Morgan fingerprint density at radius 1 is 1.33 bits per heavy atom. The molecular weight excluding hydrogens is 320 g/mol. The van der Waals surface area contributed by atoms with Gasteiger partial charge in [0.1, 0.15) is 6.10 Å². The van der Waals surface area contributed by atoms with Crippen LogP contribution in [0, 0.1) is 5.92 Å². The van der Waals surface area contributed by atoms with Crippen LogP contribution in [0.25, 0.3) is 0 Å². The van der Waals surface area contributed by atoms with Crippen LogP contribution in [-0.4, -0.2) is 46.6 Å². The molecule has 0 bridgehead atoms. The van der Waals surface area contributed by atoms with Gasteiger partial charge in [-0.1, -0.05) is 39.5 Å². The van der Waals surface area contributed by atoms with Crippen LogP contribution in [0.1, 0.15) is 34.1 Å². The quantitative estimate of drug-likeness (QED) is 0.527. The summed E-state index contributed by atoms with van der Waals surface area (Å²) in [5.41, 5.74) is 2.14. The summed E-state index contributed by atoms with van der Waals surface area (Å²) in [7, 11) is -1.82. The highest BCUT2D eigenvalue weighted by Crippen LogP contribution is 2.40. The van der Waals surface area contributed by atoms with Crippen molar-refractivity contribution >= 4 is 8.32 Å². The fourth-order valence-electron chi connectivity index (χ4n) is 2.84. The molecule has 0 spiro atoms. The van der Waals surface area contributed by atoms with Crippen LogP contribution in [0.5, 0.6) is 0 Å². The summed E-state index contributed by atoms with van der Waals surface area (Å²) in [6, 6.07) is 0. The maximum Gasteiger partial charge on any atom is 0.192 e. The van der Waals surface area contributed by atoms with Crippen LogP contribution in [0.2, 0.25) is 18.1 Å². The molecule has 0 unspecified atom stereocenters. The Morgan fingerprint density at radius 2 is 2.00 bits per heavy atom. The molecule has 2 saturated heterocycles. The molecule has 2 heterocycles. The third-order valence-corrected chi connectivity index (χ3v) is 9.95. The Kier molecular flexibility index (Phi) is 6.14. The van der Waals surface area contributed by atoms with Crippen molar-refractivity contribution in [1.29, 1.82) is 0 Å². The van der Waals surface area contributed by atoms with Crippen LogP contribution in [0.4, 0.5) is 0 Å². The van der Waals surface area contributed by atoms with Crippen molar-refractivity contribution in [3.63, 3.8) is 0 Å². The predicted molar refractivity (Wildman–Crippen MR) is 99.6 cm³/mol. The zero-order valence-corrected chi connectivity index (χ0v) is 17.2. The molecule has 24 heavy (non-hydrogen) atoms. The van der Waals surface area contributed by atoms with Crippen molar-refractivity contribution in [2.45, 2.75) is 70.7 Å². The van der Waals surface area contributed by atoms with Crippen molar-refractivity contribution < 1.29 is 18.6 Å². The molecule has 0 saturated carbocycles. The molecule has 0 radical (unpaired) electrons. The smallest absolute Gasteiger partial charge is 0.192 e. The first-order valence-electron chi connectivity index (χ1n) is 8.86. The minimum atomic E-state index is -1.82. The molecule has 0 aromatic heterocycles. The lowest BCUT2D eigenvalue weighted by Crippen LogP contribution is -2.50. The van der Waals surface area contributed by atoms with Crippen LogP contribution >= 0.6 is 0 Å². The number of hydrogen-bond donors (Lipinski definition) is 0. The summed E-state index contributed by atoms with van der Waals surface area (Å²) < 4.78 is 24.4. The zero-order valence-electron chi connectivity index (χ0n) is 16.2. The van der Waals surface area contributed by atoms with Crippen molar-refractivity contribution in [3.8, 4) is 0 Å². The number of fused-ring (bicyclic) bond motifs is 1. The molecule has 2 rings (SSSR count). The maximum atomic E-state index is 6.38. The summed E-state index contributed by atoms with van der Waals surface area (Å²) in [6.07, 6.45) is 0.488. The van der Waals surface area contributed by atoms with E-state index >= 15 is 0 Å². The highest BCUT2D eigenvalue weighted by Gasteiger charge is 2.46. The lowest BCUT2D eigenvalue weighted by Gasteiger charge is -2.41. The molecule has 2 aliphatic rings. The van der Waals surface area contributed by atoms with Gasteiger partial charge in [0.15, 0.2) is 14.6 Å². The Labute approximate surface area is 148 Å². The van der Waals surface area contributed by atoms with E-state index in [0.717, 1.165) is 17.6 Å². The first kappa shape index (κ1) is 19.9. The van der Waals surface area contributed by atoms with Gasteiger partial charge >= 0.3 is 0 Å². The largest absolute Gasteiger partial charge is 0.414 e. The SMILES string of the molecule is C=C(C)CO[C@@H]1C[C@@H]2C(=C)CO[C@@H]2[C@@H](CO[Si](C)(C)C(C)(C)C)O1. The van der Waals surface area contributed by atoms with E-state index in [1.807, 2.05) is 6.92 Å². The van der Waals surface area contributed by atoms with E-state index in [9.17, 15) is 0 Å². The molecular formula is C19H34O4Si. The molecule has 4 nitrogen and oxygen atoms in total. The van der Waals surface area contributed by atoms with Crippen LogP contribution in [0.3, 0.4) is 0 Å². The fraction of sp³-hybridized carbons (Fsp3) is 0.789. The minimum Gasteiger partial charge on any atom is -0.414 e. The molecule has 0 N–H and O–H groups in total. The first-order chi connectivity index (χ1) is 11.0. The van der Waals surface area contributed by atoms with Crippen LogP contribution < -0.4 is 0 Å². The van der Waals surface area contributed by atoms with Gasteiger partial charge in [0.05, 0.1) is 25.9 Å². The summed E-state index contributed by atoms with van der Waals surface area (Å²) in [5, 5.41) is 0.178. The third-order valence-electron chi connectivity index (χ3n) is 5.45. The second-order valence-corrected chi connectivity index (χ2v) is 13.5. The first-order valence-corrected chi connectivity index (χ1v) is 11.8. The molecule has 4 atom stereocenters. The predicted octanol–water partition coefficient (Wildman–Crippen LogP) is 4.29. The minimum absolute atomic E-state index is 0.0342. The molecule has 0 aromatic rings. The number of rotatable bonds is 6. The van der Waals surface area contributed by atoms with E-state index in [0.29, 0.717) is 25.7 Å². The summed E-state index contributed by atoms with van der Waals surface area (Å²) >= 11 is 0. The molecule has 2 fully saturated rings. The van der Waals surface area contributed by atoms with Gasteiger partial charge in [-0.05, 0) is 30.6 Å². The number of ether oxygens (including phenoxy) is 3. The second-order valence-electron chi connectivity index (χ2n) is 8.72. The van der Waals surface area contributed by atoms with Gasteiger partial charge in [-0.25, -0.2) is 0 Å². The highest BCUT2D eigenvalue weighted by molar-refractivity contribution is 6.74. The summed E-state index contributed by atoms with van der Waals surface area (Å²) in [6.45, 7) is 23.0. The second kappa shape index (κ2) is 7.42. The summed E-state index contributed by atoms with van der Waals surface area (Å²) in [4.78, 5) is 0. The average molecular weight is 355 g/mol. The molecule has 0 amide bonds. The van der Waals surface area contributed by atoms with E-state index < -0.39 is 8.32 Å². The van der Waals surface area contributed by atoms with Gasteiger partial charge in [-0.15, -0.1) is 0 Å². The van der Waals surface area contributed by atoms with E-state index in [1.54, 1.807) is 0 Å². The van der Waals surface area contributed by atoms with Gasteiger partial charge < -0.3 is 18.6 Å². The van der Waals surface area contributed by atoms with Gasteiger partial charge in [0.2, 0.25) is 0 Å². The van der Waals surface area contributed by atoms with Crippen molar-refractivity contribution in [2.24, 2.45) is 5.92 Å². The number of hydrogen-bond acceptors (Lipinski definition) is 4. The van der Waals surface area contributed by atoms with Crippen molar-refractivity contribution in [2.75, 3.05) is 19.8 Å². The maximum absolute atomic E-state index is 6.38. The zero-order chi connectivity index (χ0) is 18.1. The van der Waals surface area contributed by atoms with E-state index in [2.05, 4.69) is 47.0 Å². The molecule has 5 heteroatoms. The molecule has 0 aliphatic carbocycles. The highest BCUT2D eigenvalue weighted by atomic mass is 28.4. The molecule has 0 aromatic carbocycles. The van der Waals surface area contributed by atoms with Crippen molar-refractivity contribution in [1.82, 2.24) is 0 Å². The Balaban J connectivity index is 2.03. The van der Waals surface area contributed by atoms with Gasteiger partial charge in [-0.2, -0.15) is 0 Å². The van der Waals surface area contributed by atoms with E-state index in [-0.39, 0.29) is 23.5 Å². The fourth-order valence-corrected chi connectivity index (χ4v) is 3.86. The van der Waals surface area contributed by atoms with Crippen LogP contribution in [-0.2, 0) is 18.6 Å². The molecule has 2 aliphatic heterocycles. The monoisotopic (exact) mass is 354 g/mol. The third kappa shape index (κ3) is 4.58. The Morgan fingerprint density at radius 3 is 2.58 bits per heavy atom. The Hall–Kier alpha value is -0.463. The lowest BCUT2D eigenvalue weighted by atomic mass is 9.88. The topological polar surface area (TPSA) is 36.9 Å².